The lowest BCUT2D eigenvalue weighted by molar-refractivity contribution is -0.134. The number of anilines is 1. The van der Waals surface area contributed by atoms with Gasteiger partial charge in [0, 0.05) is 33.3 Å². The van der Waals surface area contributed by atoms with Crippen LogP contribution in [-0.2, 0) is 4.79 Å². The normalized spacial score (nSPS) is 20.3. The summed E-state index contributed by atoms with van der Waals surface area (Å²) >= 11 is 0. The zero-order valence-electron chi connectivity index (χ0n) is 15.8. The van der Waals surface area contributed by atoms with Crippen LogP contribution in [0.4, 0.5) is 5.82 Å². The van der Waals surface area contributed by atoms with Gasteiger partial charge in [0.2, 0.25) is 5.91 Å². The topological polar surface area (TPSA) is 78.8 Å². The van der Waals surface area contributed by atoms with Crippen LogP contribution in [0.3, 0.4) is 0 Å². The highest BCUT2D eigenvalue weighted by Gasteiger charge is 2.36. The van der Waals surface area contributed by atoms with Crippen molar-refractivity contribution in [3.63, 3.8) is 0 Å². The lowest BCUT2D eigenvalue weighted by Gasteiger charge is -2.40. The van der Waals surface area contributed by atoms with E-state index in [4.69, 9.17) is 9.72 Å². The monoisotopic (exact) mass is 358 g/mol. The van der Waals surface area contributed by atoms with E-state index in [1.54, 1.807) is 21.2 Å². The first-order valence-electron chi connectivity index (χ1n) is 8.81. The predicted octanol–water partition coefficient (Wildman–Crippen LogP) is 1.76. The molecule has 0 bridgehead atoms. The minimum atomic E-state index is -1.04. The molecular formula is C19H26N4O3. The number of piperidine rings is 1. The molecule has 0 radical (unpaired) electrons. The number of carbonyl (C=O) groups excluding carboxylic acids is 1. The zero-order chi connectivity index (χ0) is 18.9. The van der Waals surface area contributed by atoms with Crippen molar-refractivity contribution in [3.05, 3.63) is 23.9 Å². The highest BCUT2D eigenvalue weighted by molar-refractivity contribution is 5.79. The number of rotatable bonds is 4. The van der Waals surface area contributed by atoms with Gasteiger partial charge in [0.05, 0.1) is 35.9 Å². The number of amides is 1. The van der Waals surface area contributed by atoms with Crippen molar-refractivity contribution >= 4 is 22.8 Å². The van der Waals surface area contributed by atoms with Gasteiger partial charge < -0.3 is 19.6 Å². The number of carbonyl (C=O) groups is 1. The van der Waals surface area contributed by atoms with Gasteiger partial charge in [-0.2, -0.15) is 0 Å². The number of aryl methyl sites for hydroxylation is 1. The Morgan fingerprint density at radius 3 is 2.81 bits per heavy atom. The first kappa shape index (κ1) is 18.4. The molecule has 1 N–H and O–H groups in total. The lowest BCUT2D eigenvalue weighted by Crippen LogP contribution is -2.51. The maximum absolute atomic E-state index is 12.1. The van der Waals surface area contributed by atoms with Gasteiger partial charge in [0.25, 0.3) is 0 Å². The number of benzene rings is 1. The summed E-state index contributed by atoms with van der Waals surface area (Å²) in [6.07, 6.45) is 1.53. The van der Waals surface area contributed by atoms with Crippen molar-refractivity contribution in [2.75, 3.05) is 39.2 Å². The number of fused-ring (bicyclic) bond motifs is 1. The summed E-state index contributed by atoms with van der Waals surface area (Å²) in [6.45, 7) is 3.08. The number of methoxy groups -OCH3 is 1. The van der Waals surface area contributed by atoms with Crippen molar-refractivity contribution in [1.82, 2.24) is 14.9 Å². The molecule has 1 aliphatic heterocycles. The van der Waals surface area contributed by atoms with E-state index >= 15 is 0 Å². The molecule has 3 rings (SSSR count). The molecule has 1 unspecified atom stereocenters. The highest BCUT2D eigenvalue weighted by atomic mass is 16.5. The molecule has 7 heteroatoms. The summed E-state index contributed by atoms with van der Waals surface area (Å²) in [5.74, 6) is 1.44. The number of aliphatic hydroxyl groups is 1. The minimum Gasteiger partial charge on any atom is -0.497 e. The Hall–Kier alpha value is -2.41. The Bertz CT molecular complexity index is 824. The Kier molecular flexibility index (Phi) is 5.00. The molecular weight excluding hydrogens is 332 g/mol. The van der Waals surface area contributed by atoms with Gasteiger partial charge in [-0.05, 0) is 31.9 Å². The van der Waals surface area contributed by atoms with Crippen LogP contribution < -0.4 is 9.64 Å². The van der Waals surface area contributed by atoms with Crippen LogP contribution in [0, 0.1) is 6.92 Å². The maximum atomic E-state index is 12.1. The molecule has 0 aliphatic carbocycles. The minimum absolute atomic E-state index is 0.0669. The first-order chi connectivity index (χ1) is 12.3. The number of ether oxygens (including phenoxy) is 1. The van der Waals surface area contributed by atoms with Crippen molar-refractivity contribution in [1.29, 1.82) is 0 Å². The van der Waals surface area contributed by atoms with Crippen molar-refractivity contribution in [2.24, 2.45) is 0 Å². The van der Waals surface area contributed by atoms with Crippen LogP contribution in [0.1, 0.15) is 25.0 Å². The van der Waals surface area contributed by atoms with Gasteiger partial charge in [-0.15, -0.1) is 0 Å². The van der Waals surface area contributed by atoms with Crippen LogP contribution in [0.5, 0.6) is 5.75 Å². The van der Waals surface area contributed by atoms with Gasteiger partial charge in [0.15, 0.2) is 5.82 Å². The Morgan fingerprint density at radius 2 is 2.12 bits per heavy atom. The van der Waals surface area contributed by atoms with Crippen LogP contribution >= 0.6 is 0 Å². The molecule has 2 aromatic rings. The van der Waals surface area contributed by atoms with Gasteiger partial charge in [0.1, 0.15) is 5.75 Å². The van der Waals surface area contributed by atoms with Crippen LogP contribution in [0.15, 0.2) is 18.2 Å². The molecule has 1 aromatic carbocycles. The molecule has 1 fully saturated rings. The second kappa shape index (κ2) is 7.07. The molecule has 26 heavy (non-hydrogen) atoms. The largest absolute Gasteiger partial charge is 0.497 e. The van der Waals surface area contributed by atoms with Crippen LogP contribution in [0.25, 0.3) is 11.0 Å². The molecule has 0 saturated carbocycles. The standard InChI is InChI=1S/C19H26N4O3/c1-13-18(21-15-7-6-14(26-4)10-16(15)20-13)23-9-5-8-19(25,12-23)11-17(24)22(2)3/h6-7,10,25H,5,8-9,11-12H2,1-4H3. The van der Waals surface area contributed by atoms with Crippen molar-refractivity contribution in [2.45, 2.75) is 31.8 Å². The van der Waals surface area contributed by atoms with Gasteiger partial charge >= 0.3 is 0 Å². The molecule has 7 nitrogen and oxygen atoms in total. The second-order valence-electron chi connectivity index (χ2n) is 7.20. The van der Waals surface area contributed by atoms with Gasteiger partial charge in [-0.1, -0.05) is 0 Å². The fourth-order valence-electron chi connectivity index (χ4n) is 3.42. The van der Waals surface area contributed by atoms with E-state index < -0.39 is 5.60 Å². The number of hydrogen-bond acceptors (Lipinski definition) is 6. The van der Waals surface area contributed by atoms with Crippen LogP contribution in [0.2, 0.25) is 0 Å². The Labute approximate surface area is 153 Å². The third kappa shape index (κ3) is 3.72. The van der Waals surface area contributed by atoms with E-state index in [0.29, 0.717) is 13.0 Å². The molecule has 0 spiro atoms. The smallest absolute Gasteiger partial charge is 0.225 e. The summed E-state index contributed by atoms with van der Waals surface area (Å²) in [7, 11) is 5.04. The molecule has 1 amide bonds. The van der Waals surface area contributed by atoms with Crippen LogP contribution in [-0.4, -0.2) is 65.8 Å². The Balaban J connectivity index is 1.88. The molecule has 1 aliphatic rings. The third-order valence-electron chi connectivity index (χ3n) is 4.85. The summed E-state index contributed by atoms with van der Waals surface area (Å²) < 4.78 is 5.25. The molecule has 1 saturated heterocycles. The molecule has 2 heterocycles. The van der Waals surface area contributed by atoms with Gasteiger partial charge in [-0.25, -0.2) is 9.97 Å². The van der Waals surface area contributed by atoms with E-state index in [-0.39, 0.29) is 12.3 Å². The number of nitrogens with zero attached hydrogens (tertiary/aromatic N) is 4. The second-order valence-corrected chi connectivity index (χ2v) is 7.20. The SMILES string of the molecule is COc1ccc2nc(N3CCCC(O)(CC(=O)N(C)C)C3)c(C)nc2c1. The molecule has 1 atom stereocenters. The predicted molar refractivity (Wildman–Crippen MR) is 101 cm³/mol. The summed E-state index contributed by atoms with van der Waals surface area (Å²) in [5, 5.41) is 10.9. The quantitative estimate of drug-likeness (QED) is 0.897. The van der Waals surface area contributed by atoms with Gasteiger partial charge in [-0.3, -0.25) is 4.79 Å². The first-order valence-corrected chi connectivity index (χ1v) is 8.81. The zero-order valence-corrected chi connectivity index (χ0v) is 15.8. The summed E-state index contributed by atoms with van der Waals surface area (Å²) in [5.41, 5.74) is 1.32. The molecule has 1 aromatic heterocycles. The van der Waals surface area contributed by atoms with E-state index in [1.165, 1.54) is 4.90 Å². The average molecular weight is 358 g/mol. The lowest BCUT2D eigenvalue weighted by atomic mass is 9.89. The van der Waals surface area contributed by atoms with E-state index in [9.17, 15) is 9.90 Å². The van der Waals surface area contributed by atoms with E-state index in [2.05, 4.69) is 4.98 Å². The summed E-state index contributed by atoms with van der Waals surface area (Å²) in [4.78, 5) is 25.0. The average Bonchev–Trinajstić information content (AvgIpc) is 2.60. The number of β-amino-alcohol motifs (C(OH)–C–C–N with tert-alkyl or cyclic N) is 1. The van der Waals surface area contributed by atoms with Crippen molar-refractivity contribution < 1.29 is 14.6 Å². The number of hydrogen-bond donors (Lipinski definition) is 1. The maximum Gasteiger partial charge on any atom is 0.225 e. The fraction of sp³-hybridized carbons (Fsp3) is 0.526. The Morgan fingerprint density at radius 1 is 1.35 bits per heavy atom. The molecule has 140 valence electrons. The van der Waals surface area contributed by atoms with E-state index in [0.717, 1.165) is 41.3 Å². The summed E-state index contributed by atoms with van der Waals surface area (Å²) in [6, 6.07) is 5.61. The fourth-order valence-corrected chi connectivity index (χ4v) is 3.42. The number of aromatic nitrogens is 2. The van der Waals surface area contributed by atoms with E-state index in [1.807, 2.05) is 30.0 Å². The van der Waals surface area contributed by atoms with Crippen molar-refractivity contribution in [3.8, 4) is 5.75 Å². The highest BCUT2D eigenvalue weighted by Crippen LogP contribution is 2.30. The third-order valence-corrected chi connectivity index (χ3v) is 4.85.